The predicted octanol–water partition coefficient (Wildman–Crippen LogP) is 3.47. The second kappa shape index (κ2) is 12.3. The average molecular weight is 453 g/mol. The Kier molecular flexibility index (Phi) is 9.24. The Labute approximate surface area is 197 Å². The van der Waals surface area contributed by atoms with Crippen LogP contribution in [0.25, 0.3) is 0 Å². The number of anilines is 1. The van der Waals surface area contributed by atoms with E-state index in [9.17, 15) is 9.59 Å². The van der Waals surface area contributed by atoms with Crippen molar-refractivity contribution in [3.63, 3.8) is 0 Å². The highest BCUT2D eigenvalue weighted by Crippen LogP contribution is 2.23. The number of hydrogen-bond acceptors (Lipinski definition) is 5. The predicted molar refractivity (Wildman–Crippen MR) is 131 cm³/mol. The van der Waals surface area contributed by atoms with E-state index in [-0.39, 0.29) is 23.8 Å². The van der Waals surface area contributed by atoms with Gasteiger partial charge in [0.25, 0.3) is 5.91 Å². The van der Waals surface area contributed by atoms with Gasteiger partial charge in [0.2, 0.25) is 5.91 Å². The molecule has 0 saturated carbocycles. The van der Waals surface area contributed by atoms with Crippen LogP contribution in [0.2, 0.25) is 0 Å². The minimum absolute atomic E-state index is 0.0920. The fourth-order valence-electron chi connectivity index (χ4n) is 4.02. The van der Waals surface area contributed by atoms with Gasteiger partial charge in [-0.05, 0) is 44.4 Å². The van der Waals surface area contributed by atoms with Crippen LogP contribution >= 0.6 is 0 Å². The lowest BCUT2D eigenvalue weighted by Gasteiger charge is -2.37. The topological polar surface area (TPSA) is 74.8 Å². The van der Waals surface area contributed by atoms with E-state index in [1.165, 1.54) is 0 Å². The van der Waals surface area contributed by atoms with E-state index in [4.69, 9.17) is 4.74 Å². The molecule has 0 aliphatic carbocycles. The number of hydrogen-bond donors (Lipinski definition) is 1. The van der Waals surface area contributed by atoms with E-state index in [1.54, 1.807) is 6.20 Å². The third-order valence-corrected chi connectivity index (χ3v) is 5.89. The standard InChI is InChI=1S/C26H36N4O3/c1-4-23(21-9-6-5-7-10-21)26(32)30-16-14-29(15-17-30)24-12-11-22(19-28-24)25(31)27-13-8-18-33-20(2)3/h5-7,9-12,19-20,23H,4,8,13-18H2,1-3H3,(H,27,31). The van der Waals surface area contributed by atoms with Crippen molar-refractivity contribution in [1.82, 2.24) is 15.2 Å². The van der Waals surface area contributed by atoms with Gasteiger partial charge in [-0.25, -0.2) is 4.98 Å². The second-order valence-electron chi connectivity index (χ2n) is 8.62. The number of nitrogens with one attached hydrogen (secondary N) is 1. The molecule has 0 spiro atoms. The smallest absolute Gasteiger partial charge is 0.252 e. The third kappa shape index (κ3) is 7.02. The molecule has 0 bridgehead atoms. The monoisotopic (exact) mass is 452 g/mol. The highest BCUT2D eigenvalue weighted by molar-refractivity contribution is 5.94. The molecule has 2 aromatic rings. The number of ether oxygens (including phenoxy) is 1. The number of aromatic nitrogens is 1. The van der Waals surface area contributed by atoms with Gasteiger partial charge in [0.05, 0.1) is 17.6 Å². The Morgan fingerprint density at radius 3 is 2.39 bits per heavy atom. The van der Waals surface area contributed by atoms with Crippen LogP contribution < -0.4 is 10.2 Å². The maximum Gasteiger partial charge on any atom is 0.252 e. The van der Waals surface area contributed by atoms with E-state index in [1.807, 2.05) is 61.2 Å². The summed E-state index contributed by atoms with van der Waals surface area (Å²) in [5, 5.41) is 2.90. The van der Waals surface area contributed by atoms with Crippen molar-refractivity contribution in [3.8, 4) is 0 Å². The summed E-state index contributed by atoms with van der Waals surface area (Å²) in [6, 6.07) is 13.7. The number of amides is 2. The molecule has 1 N–H and O–H groups in total. The zero-order valence-corrected chi connectivity index (χ0v) is 20.0. The van der Waals surface area contributed by atoms with Crippen molar-refractivity contribution in [3.05, 3.63) is 59.8 Å². The van der Waals surface area contributed by atoms with Crippen molar-refractivity contribution in [2.45, 2.75) is 45.6 Å². The van der Waals surface area contributed by atoms with Gasteiger partial charge in [0.15, 0.2) is 0 Å². The highest BCUT2D eigenvalue weighted by Gasteiger charge is 2.27. The van der Waals surface area contributed by atoms with Crippen LogP contribution in [-0.4, -0.2) is 67.1 Å². The fourth-order valence-corrected chi connectivity index (χ4v) is 4.02. The normalized spacial score (nSPS) is 14.9. The van der Waals surface area contributed by atoms with Crippen LogP contribution in [0.4, 0.5) is 5.82 Å². The summed E-state index contributed by atoms with van der Waals surface area (Å²) in [7, 11) is 0. The SMILES string of the molecule is CCC(C(=O)N1CCN(c2ccc(C(=O)NCCCOC(C)C)cn2)CC1)c1ccccc1. The second-order valence-corrected chi connectivity index (χ2v) is 8.62. The summed E-state index contributed by atoms with van der Waals surface area (Å²) < 4.78 is 5.48. The van der Waals surface area contributed by atoms with E-state index in [2.05, 4.69) is 22.1 Å². The van der Waals surface area contributed by atoms with Crippen LogP contribution in [0.1, 0.15) is 55.5 Å². The van der Waals surface area contributed by atoms with Gasteiger partial charge in [-0.2, -0.15) is 0 Å². The van der Waals surface area contributed by atoms with Crippen molar-refractivity contribution in [2.24, 2.45) is 0 Å². The first-order chi connectivity index (χ1) is 16.0. The molecule has 1 aliphatic heterocycles. The van der Waals surface area contributed by atoms with E-state index < -0.39 is 0 Å². The van der Waals surface area contributed by atoms with Gasteiger partial charge in [-0.3, -0.25) is 9.59 Å². The number of benzene rings is 1. The fraction of sp³-hybridized carbons (Fsp3) is 0.500. The molecule has 33 heavy (non-hydrogen) atoms. The molecule has 1 fully saturated rings. The van der Waals surface area contributed by atoms with Crippen LogP contribution in [0, 0.1) is 0 Å². The summed E-state index contributed by atoms with van der Waals surface area (Å²) >= 11 is 0. The van der Waals surface area contributed by atoms with Crippen molar-refractivity contribution in [2.75, 3.05) is 44.2 Å². The maximum atomic E-state index is 13.1. The first-order valence-corrected chi connectivity index (χ1v) is 11.9. The summed E-state index contributed by atoms with van der Waals surface area (Å²) in [6.45, 7) is 10.1. The van der Waals surface area contributed by atoms with E-state index in [0.717, 1.165) is 37.3 Å². The lowest BCUT2D eigenvalue weighted by atomic mass is 9.95. The molecule has 7 nitrogen and oxygen atoms in total. The molecule has 3 rings (SSSR count). The van der Waals surface area contributed by atoms with Gasteiger partial charge in [-0.1, -0.05) is 37.3 Å². The molecule has 1 atom stereocenters. The van der Waals surface area contributed by atoms with Gasteiger partial charge >= 0.3 is 0 Å². The molecule has 2 amide bonds. The largest absolute Gasteiger partial charge is 0.379 e. The molecule has 1 saturated heterocycles. The Balaban J connectivity index is 1.47. The van der Waals surface area contributed by atoms with Crippen molar-refractivity contribution < 1.29 is 14.3 Å². The van der Waals surface area contributed by atoms with E-state index >= 15 is 0 Å². The molecule has 178 valence electrons. The zero-order chi connectivity index (χ0) is 23.6. The van der Waals surface area contributed by atoms with Gasteiger partial charge in [-0.15, -0.1) is 0 Å². The zero-order valence-electron chi connectivity index (χ0n) is 20.0. The molecule has 0 radical (unpaired) electrons. The Morgan fingerprint density at radius 2 is 1.79 bits per heavy atom. The summed E-state index contributed by atoms with van der Waals surface area (Å²) in [6.07, 6.45) is 3.39. The van der Waals surface area contributed by atoms with E-state index in [0.29, 0.717) is 31.8 Å². The maximum absolute atomic E-state index is 13.1. The lowest BCUT2D eigenvalue weighted by molar-refractivity contribution is -0.133. The molecular formula is C26H36N4O3. The molecule has 1 aliphatic rings. The minimum atomic E-state index is -0.125. The first kappa shape index (κ1) is 24.7. The number of nitrogens with zero attached hydrogens (tertiary/aromatic N) is 3. The molecule has 1 aromatic heterocycles. The number of piperazine rings is 1. The lowest BCUT2D eigenvalue weighted by Crippen LogP contribution is -2.50. The van der Waals surface area contributed by atoms with Gasteiger partial charge < -0.3 is 19.9 Å². The highest BCUT2D eigenvalue weighted by atomic mass is 16.5. The van der Waals surface area contributed by atoms with Crippen LogP contribution in [0.5, 0.6) is 0 Å². The van der Waals surface area contributed by atoms with Crippen molar-refractivity contribution in [1.29, 1.82) is 0 Å². The first-order valence-electron chi connectivity index (χ1n) is 11.9. The third-order valence-electron chi connectivity index (χ3n) is 5.89. The van der Waals surface area contributed by atoms with Gasteiger partial charge in [0, 0.05) is 45.5 Å². The molecule has 1 unspecified atom stereocenters. The number of rotatable bonds is 10. The summed E-state index contributed by atoms with van der Waals surface area (Å²) in [5.41, 5.74) is 1.63. The number of pyridine rings is 1. The van der Waals surface area contributed by atoms with Crippen molar-refractivity contribution >= 4 is 17.6 Å². The Hall–Kier alpha value is -2.93. The number of carbonyl (C=O) groups excluding carboxylic acids is 2. The molecular weight excluding hydrogens is 416 g/mol. The molecule has 7 heteroatoms. The Morgan fingerprint density at radius 1 is 1.06 bits per heavy atom. The van der Waals surface area contributed by atoms with Crippen LogP contribution in [0.3, 0.4) is 0 Å². The summed E-state index contributed by atoms with van der Waals surface area (Å²) in [5.74, 6) is 0.812. The summed E-state index contributed by atoms with van der Waals surface area (Å²) in [4.78, 5) is 34.0. The minimum Gasteiger partial charge on any atom is -0.379 e. The van der Waals surface area contributed by atoms with Crippen LogP contribution in [-0.2, 0) is 9.53 Å². The van der Waals surface area contributed by atoms with Crippen LogP contribution in [0.15, 0.2) is 48.7 Å². The quantitative estimate of drug-likeness (QED) is 0.559. The van der Waals surface area contributed by atoms with Gasteiger partial charge in [0.1, 0.15) is 5.82 Å². The number of carbonyl (C=O) groups is 2. The average Bonchev–Trinajstić information content (AvgIpc) is 2.85. The molecule has 2 heterocycles. The Bertz CT molecular complexity index is 878. The molecule has 1 aromatic carbocycles.